The maximum Gasteiger partial charge on any atom is 0.332 e. The van der Waals surface area contributed by atoms with Gasteiger partial charge in [-0.25, -0.2) is 9.69 Å². The third-order valence-corrected chi connectivity index (χ3v) is 1.77. The Morgan fingerprint density at radius 2 is 2.13 bits per heavy atom. The molecule has 0 saturated carbocycles. The lowest BCUT2D eigenvalue weighted by atomic mass is 10.5. The van der Waals surface area contributed by atoms with E-state index in [2.05, 4.69) is 10.1 Å². The molecule has 0 unspecified atom stereocenters. The molecule has 0 aromatic carbocycles. The van der Waals surface area contributed by atoms with Crippen molar-refractivity contribution in [2.45, 2.75) is 13.5 Å². The molecule has 15 heavy (non-hydrogen) atoms. The predicted octanol–water partition coefficient (Wildman–Crippen LogP) is -1.04. The number of imide groups is 2. The van der Waals surface area contributed by atoms with E-state index in [1.54, 1.807) is 6.92 Å². The van der Waals surface area contributed by atoms with Crippen LogP contribution in [0, 0.1) is 6.92 Å². The zero-order chi connectivity index (χ0) is 11.0. The molecule has 1 aliphatic heterocycles. The highest BCUT2D eigenvalue weighted by atomic mass is 16.5. The molecule has 0 atom stereocenters. The molecule has 1 saturated heterocycles. The molecule has 1 aliphatic rings. The Kier molecular flexibility index (Phi) is 1.96. The largest absolute Gasteiger partial charge is 0.337 e. The minimum absolute atomic E-state index is 0.103. The zero-order valence-corrected chi connectivity index (χ0v) is 7.68. The van der Waals surface area contributed by atoms with Gasteiger partial charge in [0, 0.05) is 0 Å². The quantitative estimate of drug-likeness (QED) is 0.493. The van der Waals surface area contributed by atoms with E-state index < -0.39 is 17.8 Å². The van der Waals surface area contributed by atoms with Crippen molar-refractivity contribution in [2.24, 2.45) is 0 Å². The number of aryl methyl sites for hydroxylation is 1. The molecule has 0 bridgehead atoms. The molecule has 1 aromatic rings. The Labute approximate surface area is 83.2 Å². The van der Waals surface area contributed by atoms with E-state index in [9.17, 15) is 14.4 Å². The summed E-state index contributed by atoms with van der Waals surface area (Å²) < 4.78 is 4.71. The molecule has 2 heterocycles. The number of urea groups is 1. The van der Waals surface area contributed by atoms with Crippen LogP contribution in [0.1, 0.15) is 11.7 Å². The number of hydrogen-bond donors (Lipinski definition) is 1. The lowest BCUT2D eigenvalue weighted by Gasteiger charge is -2.06. The molecular formula is C7H6N4O4. The minimum Gasteiger partial charge on any atom is -0.337 e. The minimum atomic E-state index is -0.948. The molecular weight excluding hydrogens is 204 g/mol. The summed E-state index contributed by atoms with van der Waals surface area (Å²) in [6, 6.07) is -0.777. The van der Waals surface area contributed by atoms with Crippen molar-refractivity contribution in [3.8, 4) is 0 Å². The van der Waals surface area contributed by atoms with Gasteiger partial charge in [-0.15, -0.1) is 0 Å². The number of amides is 4. The van der Waals surface area contributed by atoms with Crippen molar-refractivity contribution < 1.29 is 18.9 Å². The van der Waals surface area contributed by atoms with Gasteiger partial charge in [0.2, 0.25) is 5.89 Å². The second-order valence-corrected chi connectivity index (χ2v) is 2.89. The Hall–Kier alpha value is -2.25. The van der Waals surface area contributed by atoms with Gasteiger partial charge in [-0.3, -0.25) is 14.9 Å². The predicted molar refractivity (Wildman–Crippen MR) is 43.1 cm³/mol. The molecule has 1 aromatic heterocycles. The third kappa shape index (κ3) is 1.56. The monoisotopic (exact) mass is 210 g/mol. The normalized spacial score (nSPS) is 16.1. The number of nitrogens with one attached hydrogen (secondary N) is 1. The van der Waals surface area contributed by atoms with Crippen molar-refractivity contribution in [1.29, 1.82) is 0 Å². The highest BCUT2D eigenvalue weighted by Crippen LogP contribution is 2.07. The Bertz CT molecular complexity index is 452. The maximum atomic E-state index is 11.1. The van der Waals surface area contributed by atoms with Gasteiger partial charge in [0.1, 0.15) is 6.54 Å². The first kappa shape index (κ1) is 9.31. The molecule has 0 aliphatic carbocycles. The average Bonchev–Trinajstić information content (AvgIpc) is 2.67. The molecule has 8 nitrogen and oxygen atoms in total. The standard InChI is InChI=1S/C7H6N4O4/c1-3-8-4(15-10-3)2-11-6(13)5(12)9-7(11)14/h2H2,1H3,(H,9,12,14). The zero-order valence-electron chi connectivity index (χ0n) is 7.68. The van der Waals surface area contributed by atoms with E-state index in [-0.39, 0.29) is 12.4 Å². The van der Waals surface area contributed by atoms with Crippen LogP contribution in [-0.4, -0.2) is 32.9 Å². The fourth-order valence-corrected chi connectivity index (χ4v) is 1.12. The van der Waals surface area contributed by atoms with Crippen LogP contribution in [0.4, 0.5) is 4.79 Å². The molecule has 2 rings (SSSR count). The number of hydrogen-bond acceptors (Lipinski definition) is 6. The van der Waals surface area contributed by atoms with Crippen LogP contribution in [-0.2, 0) is 16.1 Å². The molecule has 78 valence electrons. The topological polar surface area (TPSA) is 105 Å². The number of rotatable bonds is 2. The van der Waals surface area contributed by atoms with Gasteiger partial charge in [-0.2, -0.15) is 4.98 Å². The summed E-state index contributed by atoms with van der Waals surface area (Å²) in [5.74, 6) is -1.37. The van der Waals surface area contributed by atoms with Crippen molar-refractivity contribution in [2.75, 3.05) is 0 Å². The van der Waals surface area contributed by atoms with E-state index in [0.29, 0.717) is 10.7 Å². The Morgan fingerprint density at radius 3 is 2.60 bits per heavy atom. The van der Waals surface area contributed by atoms with Crippen molar-refractivity contribution in [3.05, 3.63) is 11.7 Å². The summed E-state index contributed by atoms with van der Waals surface area (Å²) in [5, 5.41) is 5.34. The smallest absolute Gasteiger partial charge is 0.332 e. The Balaban J connectivity index is 2.16. The molecule has 4 amide bonds. The summed E-state index contributed by atoms with van der Waals surface area (Å²) in [6.45, 7) is 1.40. The molecule has 8 heteroatoms. The highest BCUT2D eigenvalue weighted by Gasteiger charge is 2.37. The van der Waals surface area contributed by atoms with E-state index in [4.69, 9.17) is 4.52 Å². The van der Waals surface area contributed by atoms with E-state index >= 15 is 0 Å². The van der Waals surface area contributed by atoms with Gasteiger partial charge in [0.15, 0.2) is 5.82 Å². The summed E-state index contributed by atoms with van der Waals surface area (Å²) in [5.41, 5.74) is 0. The van der Waals surface area contributed by atoms with Crippen molar-refractivity contribution in [3.63, 3.8) is 0 Å². The van der Waals surface area contributed by atoms with E-state index in [1.807, 2.05) is 5.32 Å². The van der Waals surface area contributed by atoms with Crippen LogP contribution in [0.5, 0.6) is 0 Å². The third-order valence-electron chi connectivity index (χ3n) is 1.77. The van der Waals surface area contributed by atoms with Gasteiger partial charge in [-0.1, -0.05) is 5.16 Å². The fraction of sp³-hybridized carbons (Fsp3) is 0.286. The molecule has 1 N–H and O–H groups in total. The lowest BCUT2D eigenvalue weighted by Crippen LogP contribution is -2.30. The van der Waals surface area contributed by atoms with Gasteiger partial charge in [0.25, 0.3) is 0 Å². The second-order valence-electron chi connectivity index (χ2n) is 2.89. The second kappa shape index (κ2) is 3.15. The van der Waals surface area contributed by atoms with E-state index in [0.717, 1.165) is 0 Å². The van der Waals surface area contributed by atoms with Gasteiger partial charge in [0.05, 0.1) is 0 Å². The van der Waals surface area contributed by atoms with Gasteiger partial charge in [-0.05, 0) is 6.92 Å². The summed E-state index contributed by atoms with van der Waals surface area (Å²) in [4.78, 5) is 37.5. The average molecular weight is 210 g/mol. The number of nitrogens with zero attached hydrogens (tertiary/aromatic N) is 3. The molecule has 0 spiro atoms. The van der Waals surface area contributed by atoms with Crippen LogP contribution in [0.3, 0.4) is 0 Å². The van der Waals surface area contributed by atoms with Crippen LogP contribution in [0.2, 0.25) is 0 Å². The number of carbonyl (C=O) groups is 3. The fourth-order valence-electron chi connectivity index (χ4n) is 1.12. The van der Waals surface area contributed by atoms with Crippen molar-refractivity contribution >= 4 is 17.8 Å². The van der Waals surface area contributed by atoms with Crippen molar-refractivity contribution in [1.82, 2.24) is 20.4 Å². The summed E-state index contributed by atoms with van der Waals surface area (Å²) in [6.07, 6.45) is 0. The highest BCUT2D eigenvalue weighted by molar-refractivity contribution is 6.44. The maximum absolute atomic E-state index is 11.1. The van der Waals surface area contributed by atoms with Crippen LogP contribution in [0.15, 0.2) is 4.52 Å². The van der Waals surface area contributed by atoms with Gasteiger partial charge >= 0.3 is 17.8 Å². The van der Waals surface area contributed by atoms with Crippen LogP contribution < -0.4 is 5.32 Å². The van der Waals surface area contributed by atoms with Crippen LogP contribution in [0.25, 0.3) is 0 Å². The Morgan fingerprint density at radius 1 is 1.40 bits per heavy atom. The lowest BCUT2D eigenvalue weighted by molar-refractivity contribution is -0.140. The first-order chi connectivity index (χ1) is 7.08. The first-order valence-corrected chi connectivity index (χ1v) is 4.04. The molecule has 1 fully saturated rings. The summed E-state index contributed by atoms with van der Waals surface area (Å²) >= 11 is 0. The SMILES string of the molecule is Cc1noc(CN2C(=O)NC(=O)C2=O)n1. The number of carbonyl (C=O) groups excluding carboxylic acids is 3. The molecule has 0 radical (unpaired) electrons. The van der Waals surface area contributed by atoms with Crippen LogP contribution >= 0.6 is 0 Å². The van der Waals surface area contributed by atoms with Gasteiger partial charge < -0.3 is 4.52 Å². The first-order valence-electron chi connectivity index (χ1n) is 4.04. The van der Waals surface area contributed by atoms with E-state index in [1.165, 1.54) is 0 Å². The number of aromatic nitrogens is 2. The summed E-state index contributed by atoms with van der Waals surface area (Å²) in [7, 11) is 0.